The number of hydrogen-bond acceptors (Lipinski definition) is 3. The first-order valence-corrected chi connectivity index (χ1v) is 10.9. The van der Waals surface area contributed by atoms with Crippen molar-refractivity contribution in [3.63, 3.8) is 0 Å². The van der Waals surface area contributed by atoms with E-state index in [-0.39, 0.29) is 0 Å². The molecule has 0 radical (unpaired) electrons. The number of rotatable bonds is 3. The minimum atomic E-state index is 0.338. The van der Waals surface area contributed by atoms with Crippen LogP contribution < -0.4 is 4.90 Å². The Bertz CT molecular complexity index is 666. The van der Waals surface area contributed by atoms with Gasteiger partial charge in [-0.25, -0.2) is 0 Å². The molecule has 2 saturated heterocycles. The summed E-state index contributed by atoms with van der Waals surface area (Å²) in [4.78, 5) is 19.8. The number of piperazine rings is 1. The molecule has 1 aromatic carbocycles. The predicted molar refractivity (Wildman–Crippen MR) is 111 cm³/mol. The molecule has 4 rings (SSSR count). The van der Waals surface area contributed by atoms with Crippen LogP contribution >= 0.6 is 0 Å². The molecule has 2 atom stereocenters. The van der Waals surface area contributed by atoms with E-state index in [1.54, 1.807) is 0 Å². The molecule has 2 aliphatic heterocycles. The van der Waals surface area contributed by atoms with E-state index in [2.05, 4.69) is 46.7 Å². The fourth-order valence-corrected chi connectivity index (χ4v) is 5.39. The molecular weight excluding hydrogens is 334 g/mol. The highest BCUT2D eigenvalue weighted by Gasteiger charge is 2.32. The Hall–Kier alpha value is -1.55. The molecule has 0 unspecified atom stereocenters. The van der Waals surface area contributed by atoms with Gasteiger partial charge in [0, 0.05) is 38.4 Å². The van der Waals surface area contributed by atoms with E-state index in [0.717, 1.165) is 51.1 Å². The number of hydrogen-bond donors (Lipinski definition) is 0. The number of amides is 1. The predicted octanol–water partition coefficient (Wildman–Crippen LogP) is 3.46. The van der Waals surface area contributed by atoms with Crippen LogP contribution in [0.25, 0.3) is 0 Å². The second-order valence-corrected chi connectivity index (χ2v) is 8.92. The van der Waals surface area contributed by atoms with E-state index in [1.807, 2.05) is 0 Å². The van der Waals surface area contributed by atoms with E-state index >= 15 is 0 Å². The Morgan fingerprint density at radius 3 is 2.48 bits per heavy atom. The van der Waals surface area contributed by atoms with Gasteiger partial charge in [-0.05, 0) is 62.3 Å². The molecule has 0 spiro atoms. The molecule has 1 saturated carbocycles. The Balaban J connectivity index is 1.28. The zero-order valence-corrected chi connectivity index (χ0v) is 17.1. The molecule has 3 aliphatic rings. The minimum Gasteiger partial charge on any atom is -0.368 e. The van der Waals surface area contributed by atoms with Crippen LogP contribution in [-0.4, -0.2) is 61.5 Å². The molecule has 27 heavy (non-hydrogen) atoms. The van der Waals surface area contributed by atoms with Crippen LogP contribution in [0.1, 0.15) is 43.2 Å². The zero-order chi connectivity index (χ0) is 18.8. The molecule has 1 amide bonds. The topological polar surface area (TPSA) is 26.8 Å². The van der Waals surface area contributed by atoms with Crippen molar-refractivity contribution in [2.75, 3.05) is 50.7 Å². The van der Waals surface area contributed by atoms with E-state index < -0.39 is 0 Å². The number of benzene rings is 1. The first-order valence-electron chi connectivity index (χ1n) is 10.9. The third-order valence-corrected chi connectivity index (χ3v) is 7.28. The van der Waals surface area contributed by atoms with E-state index in [4.69, 9.17) is 0 Å². The third-order valence-electron chi connectivity index (χ3n) is 7.28. The van der Waals surface area contributed by atoms with Gasteiger partial charge in [0.25, 0.3) is 0 Å². The van der Waals surface area contributed by atoms with Gasteiger partial charge in [0.2, 0.25) is 5.91 Å². The van der Waals surface area contributed by atoms with Crippen LogP contribution in [0.5, 0.6) is 0 Å². The number of likely N-dealkylation sites (tertiary alicyclic amines) is 1. The largest absolute Gasteiger partial charge is 0.368 e. The molecule has 1 aliphatic carbocycles. The molecule has 148 valence electrons. The molecule has 2 heterocycles. The summed E-state index contributed by atoms with van der Waals surface area (Å²) in [5.41, 5.74) is 4.05. The van der Waals surface area contributed by atoms with Crippen molar-refractivity contribution in [2.24, 2.45) is 11.8 Å². The maximum Gasteiger partial charge on any atom is 0.236 e. The van der Waals surface area contributed by atoms with E-state index in [0.29, 0.717) is 12.5 Å². The number of carbonyl (C=O) groups is 1. The third kappa shape index (κ3) is 4.16. The molecule has 4 nitrogen and oxygen atoms in total. The number of piperidine rings is 1. The molecule has 0 bridgehead atoms. The lowest BCUT2D eigenvalue weighted by molar-refractivity contribution is -0.133. The molecule has 3 fully saturated rings. The standard InChI is InChI=1S/C23H35N3O/c1-18-6-5-9-22(19(18)2)25-12-14-26(15-13-25)23(27)17-24-11-10-20-7-3-4-8-21(20)16-24/h5-6,9,20-21H,3-4,7-8,10-17H2,1-2H3/t20-,21+/m0/s1. The lowest BCUT2D eigenvalue weighted by atomic mass is 9.75. The summed E-state index contributed by atoms with van der Waals surface area (Å²) >= 11 is 0. The summed E-state index contributed by atoms with van der Waals surface area (Å²) in [6, 6.07) is 6.53. The van der Waals surface area contributed by atoms with Gasteiger partial charge in [-0.2, -0.15) is 0 Å². The SMILES string of the molecule is Cc1cccc(N2CCN(C(=O)CN3CC[C@@H]4CCCC[C@@H]4C3)CC2)c1C. The van der Waals surface area contributed by atoms with Gasteiger partial charge in [-0.3, -0.25) is 9.69 Å². The Morgan fingerprint density at radius 2 is 1.70 bits per heavy atom. The summed E-state index contributed by atoms with van der Waals surface area (Å²) in [5.74, 6) is 2.12. The fourth-order valence-electron chi connectivity index (χ4n) is 5.39. The molecular formula is C23H35N3O. The van der Waals surface area contributed by atoms with Crippen LogP contribution in [0.2, 0.25) is 0 Å². The summed E-state index contributed by atoms with van der Waals surface area (Å²) in [6.45, 7) is 10.9. The highest BCUT2D eigenvalue weighted by atomic mass is 16.2. The van der Waals surface area contributed by atoms with E-state index in [1.165, 1.54) is 48.9 Å². The molecule has 0 aromatic heterocycles. The number of aryl methyl sites for hydroxylation is 1. The lowest BCUT2D eigenvalue weighted by Crippen LogP contribution is -2.53. The quantitative estimate of drug-likeness (QED) is 0.816. The Morgan fingerprint density at radius 1 is 0.963 bits per heavy atom. The number of fused-ring (bicyclic) bond motifs is 1. The van der Waals surface area contributed by atoms with Gasteiger partial charge < -0.3 is 9.80 Å². The first kappa shape index (κ1) is 18.8. The molecule has 0 N–H and O–H groups in total. The van der Waals surface area contributed by atoms with E-state index in [9.17, 15) is 4.79 Å². The van der Waals surface area contributed by atoms with Gasteiger partial charge in [-0.15, -0.1) is 0 Å². The van der Waals surface area contributed by atoms with Crippen molar-refractivity contribution in [1.29, 1.82) is 0 Å². The Labute approximate surface area is 164 Å². The minimum absolute atomic E-state index is 0.338. The van der Waals surface area contributed by atoms with Crippen molar-refractivity contribution in [1.82, 2.24) is 9.80 Å². The maximum atomic E-state index is 12.9. The fraction of sp³-hybridized carbons (Fsp3) is 0.696. The average molecular weight is 370 g/mol. The highest BCUT2D eigenvalue weighted by molar-refractivity contribution is 5.78. The van der Waals surface area contributed by atoms with Crippen molar-refractivity contribution < 1.29 is 4.79 Å². The van der Waals surface area contributed by atoms with Crippen LogP contribution in [0.15, 0.2) is 18.2 Å². The number of anilines is 1. The van der Waals surface area contributed by atoms with Crippen LogP contribution in [0.4, 0.5) is 5.69 Å². The summed E-state index contributed by atoms with van der Waals surface area (Å²) in [5, 5.41) is 0. The molecule has 4 heteroatoms. The monoisotopic (exact) mass is 369 g/mol. The number of nitrogens with zero attached hydrogens (tertiary/aromatic N) is 3. The van der Waals surface area contributed by atoms with Gasteiger partial charge in [0.15, 0.2) is 0 Å². The lowest BCUT2D eigenvalue weighted by Gasteiger charge is -2.42. The maximum absolute atomic E-state index is 12.9. The Kier molecular flexibility index (Phi) is 5.72. The second kappa shape index (κ2) is 8.22. The highest BCUT2D eigenvalue weighted by Crippen LogP contribution is 2.36. The average Bonchev–Trinajstić information content (AvgIpc) is 2.70. The van der Waals surface area contributed by atoms with Gasteiger partial charge >= 0.3 is 0 Å². The van der Waals surface area contributed by atoms with Crippen molar-refractivity contribution >= 4 is 11.6 Å². The summed E-state index contributed by atoms with van der Waals surface area (Å²) in [7, 11) is 0. The second-order valence-electron chi connectivity index (χ2n) is 8.92. The van der Waals surface area contributed by atoms with Crippen LogP contribution in [0, 0.1) is 25.7 Å². The zero-order valence-electron chi connectivity index (χ0n) is 17.1. The van der Waals surface area contributed by atoms with Gasteiger partial charge in [0.05, 0.1) is 6.54 Å². The van der Waals surface area contributed by atoms with Gasteiger partial charge in [0.1, 0.15) is 0 Å². The first-order chi connectivity index (χ1) is 13.1. The van der Waals surface area contributed by atoms with Gasteiger partial charge in [-0.1, -0.05) is 31.4 Å². The van der Waals surface area contributed by atoms with Crippen LogP contribution in [0.3, 0.4) is 0 Å². The van der Waals surface area contributed by atoms with Crippen molar-refractivity contribution in [2.45, 2.75) is 46.0 Å². The molecule has 1 aromatic rings. The summed E-state index contributed by atoms with van der Waals surface area (Å²) < 4.78 is 0. The van der Waals surface area contributed by atoms with Crippen molar-refractivity contribution in [3.05, 3.63) is 29.3 Å². The van der Waals surface area contributed by atoms with Crippen molar-refractivity contribution in [3.8, 4) is 0 Å². The number of carbonyl (C=O) groups excluding carboxylic acids is 1. The summed E-state index contributed by atoms with van der Waals surface area (Å²) in [6.07, 6.45) is 6.92. The smallest absolute Gasteiger partial charge is 0.236 e. The van der Waals surface area contributed by atoms with Crippen LogP contribution in [-0.2, 0) is 4.79 Å². The normalized spacial score (nSPS) is 26.7.